The summed E-state index contributed by atoms with van der Waals surface area (Å²) in [6, 6.07) is 1.33. The molecule has 0 saturated carbocycles. The van der Waals surface area contributed by atoms with Crippen LogP contribution in [-0.4, -0.2) is 22.0 Å². The van der Waals surface area contributed by atoms with Gasteiger partial charge in [0.15, 0.2) is 11.5 Å². The zero-order chi connectivity index (χ0) is 14.2. The highest BCUT2D eigenvalue weighted by Crippen LogP contribution is 2.31. The second-order valence-corrected chi connectivity index (χ2v) is 5.61. The van der Waals surface area contributed by atoms with Gasteiger partial charge in [-0.25, -0.2) is 20.7 Å². The number of aryl methyl sites for hydroxylation is 1. The Bertz CT molecular complexity index is 664. The lowest BCUT2D eigenvalue weighted by Crippen LogP contribution is -2.06. The van der Waals surface area contributed by atoms with Crippen LogP contribution < -0.4 is 0 Å². The van der Waals surface area contributed by atoms with Crippen molar-refractivity contribution < 1.29 is 16.4 Å². The van der Waals surface area contributed by atoms with Gasteiger partial charge in [0, 0.05) is 0 Å². The number of carbonyl (C=O) groups is 1. The quantitative estimate of drug-likeness (QED) is 0.434. The van der Waals surface area contributed by atoms with Crippen molar-refractivity contribution in [1.29, 1.82) is 0 Å². The summed E-state index contributed by atoms with van der Waals surface area (Å²) in [6.07, 6.45) is 0. The predicted octanol–water partition coefficient (Wildman–Crippen LogP) is 3.70. The van der Waals surface area contributed by atoms with Crippen LogP contribution >= 0.6 is 46.8 Å². The van der Waals surface area contributed by atoms with Crippen molar-refractivity contribution in [3.63, 3.8) is 0 Å². The van der Waals surface area contributed by atoms with Crippen molar-refractivity contribution in [2.75, 3.05) is 7.11 Å². The molecule has 0 radical (unpaired) electrons. The third-order valence-electron chi connectivity index (χ3n) is 2.45. The van der Waals surface area contributed by atoms with Crippen LogP contribution in [0, 0.1) is 12.7 Å². The largest absolute Gasteiger partial charge is 0.464 e. The van der Waals surface area contributed by atoms with Crippen molar-refractivity contribution in [3.8, 4) is 0 Å². The lowest BCUT2D eigenvalue weighted by molar-refractivity contribution is 0.0593. The van der Waals surface area contributed by atoms with Crippen molar-refractivity contribution in [2.45, 2.75) is 6.92 Å². The molecule has 0 aliphatic rings. The first-order chi connectivity index (χ1) is 9.01. The average molecular weight is 417 g/mol. The molecule has 0 amide bonds. The number of aromatic nitrogens is 2. The fourth-order valence-electron chi connectivity index (χ4n) is 1.59. The first kappa shape index (κ1) is 14.8. The first-order valence-corrected chi connectivity index (χ1v) is 6.88. The summed E-state index contributed by atoms with van der Waals surface area (Å²) in [5.41, 5.74) is 0.699. The maximum atomic E-state index is 14.1. The summed E-state index contributed by atoms with van der Waals surface area (Å²) in [5, 5.41) is 0.0680. The summed E-state index contributed by atoms with van der Waals surface area (Å²) in [4.78, 5) is 15.8. The number of methoxy groups -OCH3 is 1. The molecule has 2 aromatic rings. The Labute approximate surface area is 131 Å². The smallest absolute Gasteiger partial charge is 0.355 e. The van der Waals surface area contributed by atoms with Gasteiger partial charge < -0.3 is 4.74 Å². The Hall–Kier alpha value is -0.580. The maximum absolute atomic E-state index is 14.1. The monoisotopic (exact) mass is 416 g/mol. The van der Waals surface area contributed by atoms with Crippen LogP contribution in [0.1, 0.15) is 16.2 Å². The Morgan fingerprint density at radius 2 is 2.32 bits per heavy atom. The minimum atomic E-state index is -0.623. The zero-order valence-electron chi connectivity index (χ0n) is 9.74. The molecule has 9 heteroatoms. The molecule has 0 atom stereocenters. The van der Waals surface area contributed by atoms with E-state index in [2.05, 4.69) is 9.72 Å². The number of nitrogens with zero attached hydrogens (tertiary/aromatic N) is 2. The molecule has 5 nitrogen and oxygen atoms in total. The van der Waals surface area contributed by atoms with Crippen LogP contribution in [0.5, 0.6) is 0 Å². The molecule has 0 aliphatic carbocycles. The summed E-state index contributed by atoms with van der Waals surface area (Å²) >= 11 is 8.28. The standard InChI is InChI=1S/C10H7ClFIN2O3S/c1-4-7(11)8(12)5-3-6(10(16)17-2)15(19-18-13)9(5)14-4/h3H,1-2H3. The molecule has 2 heterocycles. The minimum Gasteiger partial charge on any atom is -0.464 e. The van der Waals surface area contributed by atoms with Crippen molar-refractivity contribution in [2.24, 2.45) is 0 Å². The number of rotatable bonds is 3. The number of esters is 1. The highest BCUT2D eigenvalue weighted by molar-refractivity contribution is 14.1. The van der Waals surface area contributed by atoms with Gasteiger partial charge in [-0.15, -0.1) is 0 Å². The Morgan fingerprint density at radius 3 is 2.89 bits per heavy atom. The highest BCUT2D eigenvalue weighted by atomic mass is 127. The number of carbonyl (C=O) groups excluding carboxylic acids is 1. The van der Waals surface area contributed by atoms with Crippen LogP contribution in [0.2, 0.25) is 5.02 Å². The van der Waals surface area contributed by atoms with E-state index in [1.807, 2.05) is 0 Å². The predicted molar refractivity (Wildman–Crippen MR) is 78.9 cm³/mol. The topological polar surface area (TPSA) is 53.3 Å². The lowest BCUT2D eigenvalue weighted by atomic mass is 10.2. The fraction of sp³-hybridized carbons (Fsp3) is 0.200. The summed E-state index contributed by atoms with van der Waals surface area (Å²) in [7, 11) is 1.24. The van der Waals surface area contributed by atoms with Gasteiger partial charge in [-0.1, -0.05) is 11.6 Å². The van der Waals surface area contributed by atoms with Gasteiger partial charge >= 0.3 is 5.97 Å². The van der Waals surface area contributed by atoms with E-state index in [-0.39, 0.29) is 21.7 Å². The van der Waals surface area contributed by atoms with Gasteiger partial charge in [0.05, 0.1) is 23.2 Å². The number of halogens is 3. The molecule has 19 heavy (non-hydrogen) atoms. The molecule has 0 fully saturated rings. The molecule has 0 saturated heterocycles. The summed E-state index contributed by atoms with van der Waals surface area (Å²) < 4.78 is 24.9. The zero-order valence-corrected chi connectivity index (χ0v) is 13.5. The Kier molecular flexibility index (Phi) is 4.54. The fourth-order valence-corrected chi connectivity index (χ4v) is 2.69. The van der Waals surface area contributed by atoms with Crippen molar-refractivity contribution in [3.05, 3.63) is 28.3 Å². The van der Waals surface area contributed by atoms with E-state index in [4.69, 9.17) is 14.1 Å². The molecule has 102 valence electrons. The molecule has 0 aliphatic heterocycles. The van der Waals surface area contributed by atoms with E-state index in [1.165, 1.54) is 17.1 Å². The van der Waals surface area contributed by atoms with Gasteiger partial charge in [-0.05, 0) is 13.0 Å². The second kappa shape index (κ2) is 5.81. The van der Waals surface area contributed by atoms with Crippen LogP contribution in [0.4, 0.5) is 4.39 Å². The van der Waals surface area contributed by atoms with Gasteiger partial charge in [-0.2, -0.15) is 0 Å². The molecule has 0 bridgehead atoms. The summed E-state index contributed by atoms with van der Waals surface area (Å²) in [5.74, 6) is -1.24. The summed E-state index contributed by atoms with van der Waals surface area (Å²) in [6.45, 7) is 1.58. The number of hydrogen-bond donors (Lipinski definition) is 0. The number of pyridine rings is 1. The molecule has 0 N–H and O–H groups in total. The van der Waals surface area contributed by atoms with E-state index < -0.39 is 11.8 Å². The van der Waals surface area contributed by atoms with E-state index in [1.54, 1.807) is 29.9 Å². The lowest BCUT2D eigenvalue weighted by Gasteiger charge is -2.05. The van der Waals surface area contributed by atoms with Gasteiger partial charge in [-0.3, -0.25) is 0 Å². The minimum absolute atomic E-state index is 0.0681. The van der Waals surface area contributed by atoms with E-state index in [0.717, 1.165) is 12.2 Å². The van der Waals surface area contributed by atoms with E-state index in [9.17, 15) is 9.18 Å². The average Bonchev–Trinajstić information content (AvgIpc) is 2.75. The molecule has 2 rings (SSSR count). The third-order valence-corrected chi connectivity index (χ3v) is 3.95. The van der Waals surface area contributed by atoms with E-state index >= 15 is 0 Å². The van der Waals surface area contributed by atoms with Crippen molar-refractivity contribution >= 4 is 63.8 Å². The Morgan fingerprint density at radius 1 is 1.63 bits per heavy atom. The number of ether oxygens (including phenoxy) is 1. The van der Waals surface area contributed by atoms with Crippen LogP contribution in [0.3, 0.4) is 0 Å². The second-order valence-electron chi connectivity index (χ2n) is 3.52. The molecular formula is C10H7ClFIN2O3S. The van der Waals surface area contributed by atoms with Gasteiger partial charge in [0.1, 0.15) is 40.9 Å². The van der Waals surface area contributed by atoms with Crippen LogP contribution in [0.25, 0.3) is 11.0 Å². The maximum Gasteiger partial charge on any atom is 0.355 e. The third kappa shape index (κ3) is 2.54. The molecule has 0 aromatic carbocycles. The van der Waals surface area contributed by atoms with Crippen LogP contribution in [-0.2, 0) is 7.25 Å². The molecular weight excluding hydrogens is 410 g/mol. The molecule has 0 spiro atoms. The van der Waals surface area contributed by atoms with Crippen molar-refractivity contribution in [1.82, 2.24) is 8.96 Å². The first-order valence-electron chi connectivity index (χ1n) is 4.92. The van der Waals surface area contributed by atoms with Gasteiger partial charge in [0.25, 0.3) is 0 Å². The Balaban J connectivity index is 2.80. The molecule has 0 unspecified atom stereocenters. The SMILES string of the molecule is COC(=O)c1cc2c(F)c(Cl)c(C)nc2n1SOI. The number of fused-ring (bicyclic) bond motifs is 1. The van der Waals surface area contributed by atoms with E-state index in [0.29, 0.717) is 5.69 Å². The molecule has 2 aromatic heterocycles. The normalized spacial score (nSPS) is 11.0. The van der Waals surface area contributed by atoms with Crippen LogP contribution in [0.15, 0.2) is 6.07 Å². The highest BCUT2D eigenvalue weighted by Gasteiger charge is 2.22. The number of hydrogen-bond acceptors (Lipinski definition) is 5. The van der Waals surface area contributed by atoms with Gasteiger partial charge in [0.2, 0.25) is 0 Å².